The lowest BCUT2D eigenvalue weighted by atomic mass is 10.1. The van der Waals surface area contributed by atoms with E-state index in [2.05, 4.69) is 0 Å². The van der Waals surface area contributed by atoms with Gasteiger partial charge in [0.15, 0.2) is 11.5 Å². The summed E-state index contributed by atoms with van der Waals surface area (Å²) in [5.41, 5.74) is 0.655. The number of nitrogens with zero attached hydrogens (tertiary/aromatic N) is 3. The van der Waals surface area contributed by atoms with Gasteiger partial charge in [0, 0.05) is 31.8 Å². The Hall–Kier alpha value is -4.09. The molecule has 0 aliphatic carbocycles. The Morgan fingerprint density at radius 2 is 1.90 bits per heavy atom. The fourth-order valence-corrected chi connectivity index (χ4v) is 4.82. The number of nitro benzene ring substituents is 1. The maximum absolute atomic E-state index is 13.7. The van der Waals surface area contributed by atoms with Gasteiger partial charge in [-0.25, -0.2) is 0 Å². The average molecular weight is 556 g/mol. The Labute approximate surface area is 228 Å². The number of rotatable bonds is 10. The van der Waals surface area contributed by atoms with E-state index in [-0.39, 0.29) is 61.3 Å². The Morgan fingerprint density at radius 3 is 2.62 bits per heavy atom. The van der Waals surface area contributed by atoms with Gasteiger partial charge in [-0.05, 0) is 48.7 Å². The molecule has 2 aliphatic heterocycles. The molecule has 1 fully saturated rings. The lowest BCUT2D eigenvalue weighted by molar-refractivity contribution is -0.384. The lowest BCUT2D eigenvalue weighted by Gasteiger charge is -2.29. The van der Waals surface area contributed by atoms with Crippen molar-refractivity contribution in [2.45, 2.75) is 32.0 Å². The highest BCUT2D eigenvalue weighted by molar-refractivity contribution is 6.34. The topological polar surface area (TPSA) is 125 Å². The Balaban J connectivity index is 1.39. The first-order chi connectivity index (χ1) is 18.9. The lowest BCUT2D eigenvalue weighted by Crippen LogP contribution is -2.45. The van der Waals surface area contributed by atoms with E-state index in [0.29, 0.717) is 23.9 Å². The van der Waals surface area contributed by atoms with Crippen molar-refractivity contribution in [2.75, 3.05) is 26.5 Å². The minimum atomic E-state index is -0.587. The van der Waals surface area contributed by atoms with Crippen LogP contribution in [0.25, 0.3) is 0 Å². The van der Waals surface area contributed by atoms with E-state index in [4.69, 9.17) is 30.2 Å². The molecule has 11 nitrogen and oxygen atoms in total. The van der Waals surface area contributed by atoms with Crippen LogP contribution in [0.1, 0.15) is 34.5 Å². The van der Waals surface area contributed by atoms with Gasteiger partial charge in [-0.3, -0.25) is 19.7 Å². The van der Waals surface area contributed by atoms with Crippen LogP contribution in [0, 0.1) is 10.1 Å². The van der Waals surface area contributed by atoms with E-state index in [9.17, 15) is 19.7 Å². The van der Waals surface area contributed by atoms with Gasteiger partial charge in [0.25, 0.3) is 11.6 Å². The molecule has 0 bridgehead atoms. The second-order valence-corrected chi connectivity index (χ2v) is 9.67. The molecule has 1 aromatic heterocycles. The molecule has 3 heterocycles. The Morgan fingerprint density at radius 1 is 1.05 bits per heavy atom. The largest absolute Gasteiger partial charge is 0.467 e. The van der Waals surface area contributed by atoms with Crippen molar-refractivity contribution in [1.29, 1.82) is 0 Å². The molecule has 0 spiro atoms. The quantitative estimate of drug-likeness (QED) is 0.266. The summed E-state index contributed by atoms with van der Waals surface area (Å²) in [6.07, 6.45) is 2.90. The van der Waals surface area contributed by atoms with Gasteiger partial charge in [0.1, 0.15) is 12.3 Å². The summed E-state index contributed by atoms with van der Waals surface area (Å²) in [5.74, 6) is 0.976. The van der Waals surface area contributed by atoms with Crippen molar-refractivity contribution in [3.63, 3.8) is 0 Å². The van der Waals surface area contributed by atoms with Gasteiger partial charge >= 0.3 is 0 Å². The highest BCUT2D eigenvalue weighted by atomic mass is 35.5. The maximum atomic E-state index is 13.7. The molecule has 0 saturated carbocycles. The highest BCUT2D eigenvalue weighted by Crippen LogP contribution is 2.33. The van der Waals surface area contributed by atoms with Gasteiger partial charge in [-0.1, -0.05) is 17.7 Å². The molecule has 3 aromatic rings. The number of non-ortho nitro benzene ring substituents is 1. The number of hydrogen-bond acceptors (Lipinski definition) is 8. The van der Waals surface area contributed by atoms with Crippen LogP contribution in [0.3, 0.4) is 0 Å². The second kappa shape index (κ2) is 11.7. The zero-order valence-electron chi connectivity index (χ0n) is 20.9. The third-order valence-electron chi connectivity index (χ3n) is 6.55. The maximum Gasteiger partial charge on any atom is 0.270 e. The van der Waals surface area contributed by atoms with Crippen molar-refractivity contribution in [3.05, 3.63) is 86.8 Å². The number of ether oxygens (including phenoxy) is 3. The Kier molecular flexibility index (Phi) is 7.99. The predicted molar refractivity (Wildman–Crippen MR) is 139 cm³/mol. The monoisotopic (exact) mass is 555 g/mol. The van der Waals surface area contributed by atoms with Crippen LogP contribution in [0.4, 0.5) is 5.69 Å². The number of nitro groups is 1. The molecular weight excluding hydrogens is 530 g/mol. The third kappa shape index (κ3) is 6.32. The molecule has 5 rings (SSSR count). The van der Waals surface area contributed by atoms with Crippen molar-refractivity contribution >= 4 is 29.1 Å². The number of fused-ring (bicyclic) bond motifs is 1. The molecule has 2 amide bonds. The van der Waals surface area contributed by atoms with Crippen molar-refractivity contribution < 1.29 is 33.1 Å². The van der Waals surface area contributed by atoms with Crippen molar-refractivity contribution in [3.8, 4) is 11.5 Å². The molecule has 2 aliphatic rings. The van der Waals surface area contributed by atoms with E-state index in [1.807, 2.05) is 12.1 Å². The van der Waals surface area contributed by atoms with Crippen LogP contribution in [0.5, 0.6) is 11.5 Å². The molecule has 12 heteroatoms. The predicted octanol–water partition coefficient (Wildman–Crippen LogP) is 4.42. The van der Waals surface area contributed by atoms with Gasteiger partial charge < -0.3 is 28.4 Å². The number of benzene rings is 2. The SMILES string of the molecule is O=C(CN(CC1CCCO1)C(=O)c1ccc([N+](=O)[O-])cc1Cl)N(Cc1ccc2c(c1)OCO2)Cc1ccco1. The highest BCUT2D eigenvalue weighted by Gasteiger charge is 2.29. The third-order valence-corrected chi connectivity index (χ3v) is 6.86. The molecular formula is C27H26ClN3O8. The van der Waals surface area contributed by atoms with E-state index in [1.165, 1.54) is 23.3 Å². The summed E-state index contributed by atoms with van der Waals surface area (Å²) in [7, 11) is 0. The summed E-state index contributed by atoms with van der Waals surface area (Å²) >= 11 is 6.26. The fourth-order valence-electron chi connectivity index (χ4n) is 4.56. The molecule has 0 N–H and O–H groups in total. The van der Waals surface area contributed by atoms with E-state index in [0.717, 1.165) is 24.5 Å². The van der Waals surface area contributed by atoms with Gasteiger partial charge in [-0.15, -0.1) is 0 Å². The number of carbonyl (C=O) groups is 2. The zero-order valence-corrected chi connectivity index (χ0v) is 21.7. The summed E-state index contributed by atoms with van der Waals surface area (Å²) in [5, 5.41) is 11.1. The van der Waals surface area contributed by atoms with Gasteiger partial charge in [0.05, 0.1) is 34.4 Å². The van der Waals surface area contributed by atoms with Crippen molar-refractivity contribution in [1.82, 2.24) is 9.80 Å². The molecule has 1 atom stereocenters. The van der Waals surface area contributed by atoms with Crippen molar-refractivity contribution in [2.24, 2.45) is 0 Å². The Bertz CT molecular complexity index is 1360. The summed E-state index contributed by atoms with van der Waals surface area (Å²) in [4.78, 5) is 40.8. The van der Waals surface area contributed by atoms with Crippen LogP contribution in [-0.2, 0) is 22.6 Å². The second-order valence-electron chi connectivity index (χ2n) is 9.26. The number of amides is 2. The normalized spacial score (nSPS) is 15.8. The van der Waals surface area contributed by atoms with E-state index < -0.39 is 10.8 Å². The molecule has 1 saturated heterocycles. The molecule has 1 unspecified atom stereocenters. The van der Waals surface area contributed by atoms with Crippen LogP contribution >= 0.6 is 11.6 Å². The first-order valence-electron chi connectivity index (χ1n) is 12.4. The standard InChI is InChI=1S/C27H26ClN3O8/c28-23-12-19(31(34)35)6-7-22(23)27(33)30(15-21-4-2-10-37-21)16-26(32)29(14-20-3-1-9-36-20)13-18-5-8-24-25(11-18)39-17-38-24/h1,3,5-9,11-12,21H,2,4,10,13-17H2. The molecule has 2 aromatic carbocycles. The van der Waals surface area contributed by atoms with Gasteiger partial charge in [-0.2, -0.15) is 0 Å². The smallest absolute Gasteiger partial charge is 0.270 e. The molecule has 0 radical (unpaired) electrons. The first kappa shape index (κ1) is 26.5. The molecule has 39 heavy (non-hydrogen) atoms. The van der Waals surface area contributed by atoms with Crippen LogP contribution in [0.15, 0.2) is 59.2 Å². The number of furan rings is 1. The van der Waals surface area contributed by atoms with E-state index >= 15 is 0 Å². The molecule has 204 valence electrons. The summed E-state index contributed by atoms with van der Waals surface area (Å²) in [6, 6.07) is 12.6. The van der Waals surface area contributed by atoms with Crippen LogP contribution < -0.4 is 9.47 Å². The van der Waals surface area contributed by atoms with E-state index in [1.54, 1.807) is 23.1 Å². The number of carbonyl (C=O) groups excluding carboxylic acids is 2. The fraction of sp³-hybridized carbons (Fsp3) is 0.333. The van der Waals surface area contributed by atoms with Crippen LogP contribution in [0.2, 0.25) is 5.02 Å². The minimum Gasteiger partial charge on any atom is -0.467 e. The summed E-state index contributed by atoms with van der Waals surface area (Å²) in [6.45, 7) is 1.05. The average Bonchev–Trinajstić information content (AvgIpc) is 3.70. The minimum absolute atomic E-state index is 0.0632. The zero-order chi connectivity index (χ0) is 27.4. The number of hydrogen-bond donors (Lipinski definition) is 0. The van der Waals surface area contributed by atoms with Gasteiger partial charge in [0.2, 0.25) is 12.7 Å². The van der Waals surface area contributed by atoms with Crippen LogP contribution in [-0.4, -0.2) is 59.1 Å². The summed E-state index contributed by atoms with van der Waals surface area (Å²) < 4.78 is 22.1. The first-order valence-corrected chi connectivity index (χ1v) is 12.8. The number of halogens is 1.